The molecule has 2 rings (SSSR count). The molecule has 5 nitrogen and oxygen atoms in total. The van der Waals surface area contributed by atoms with Gasteiger partial charge in [0.05, 0.1) is 9.40 Å². The summed E-state index contributed by atoms with van der Waals surface area (Å²) in [5.74, 6) is -0.370. The summed E-state index contributed by atoms with van der Waals surface area (Å²) in [7, 11) is 1.68. The van der Waals surface area contributed by atoms with Crippen molar-refractivity contribution in [1.29, 1.82) is 0 Å². The predicted octanol–water partition coefficient (Wildman–Crippen LogP) is 4.28. The van der Waals surface area contributed by atoms with Gasteiger partial charge in [0.2, 0.25) is 0 Å². The number of hydrogen-bond acceptors (Lipinski definition) is 4. The van der Waals surface area contributed by atoms with Gasteiger partial charge in [0, 0.05) is 36.2 Å². The van der Waals surface area contributed by atoms with Crippen LogP contribution in [-0.2, 0) is 0 Å². The Labute approximate surface area is 123 Å². The number of non-ortho nitro benzene ring substituents is 1. The van der Waals surface area contributed by atoms with Crippen LogP contribution in [0.2, 0.25) is 0 Å². The summed E-state index contributed by atoms with van der Waals surface area (Å²) >= 11 is 3.09. The molecule has 0 aliphatic heterocycles. The summed E-state index contributed by atoms with van der Waals surface area (Å²) in [6.07, 6.45) is 0. The van der Waals surface area contributed by atoms with E-state index in [1.54, 1.807) is 25.2 Å². The van der Waals surface area contributed by atoms with Gasteiger partial charge in [0.15, 0.2) is 0 Å². The summed E-state index contributed by atoms with van der Waals surface area (Å²) in [6.45, 7) is 0. The summed E-state index contributed by atoms with van der Waals surface area (Å²) in [5.41, 5.74) is 1.76. The van der Waals surface area contributed by atoms with Gasteiger partial charge in [-0.25, -0.2) is 4.39 Å². The van der Waals surface area contributed by atoms with Gasteiger partial charge < -0.3 is 10.6 Å². The molecule has 2 N–H and O–H groups in total. The SMILES string of the molecule is CNc1cc(Nc2ccc(F)c(Br)c2)cc([N+](=O)[O-])c1. The molecule has 0 saturated heterocycles. The summed E-state index contributed by atoms with van der Waals surface area (Å²) in [5, 5.41) is 16.7. The second-order valence-corrected chi connectivity index (χ2v) is 4.88. The number of hydrogen-bond donors (Lipinski definition) is 2. The maximum absolute atomic E-state index is 13.2. The average Bonchev–Trinajstić information content (AvgIpc) is 2.42. The Kier molecular flexibility index (Phi) is 4.19. The molecule has 0 atom stereocenters. The predicted molar refractivity (Wildman–Crippen MR) is 80.0 cm³/mol. The van der Waals surface area contributed by atoms with Crippen LogP contribution in [0.3, 0.4) is 0 Å². The number of rotatable bonds is 4. The first kappa shape index (κ1) is 14.3. The molecule has 0 saturated carbocycles. The molecule has 0 fully saturated rings. The number of anilines is 3. The Morgan fingerprint density at radius 2 is 1.85 bits per heavy atom. The monoisotopic (exact) mass is 339 g/mol. The molecule has 0 bridgehead atoms. The highest BCUT2D eigenvalue weighted by molar-refractivity contribution is 9.10. The van der Waals surface area contributed by atoms with Crippen molar-refractivity contribution in [2.45, 2.75) is 0 Å². The number of benzene rings is 2. The lowest BCUT2D eigenvalue weighted by Gasteiger charge is -2.09. The smallest absolute Gasteiger partial charge is 0.273 e. The van der Waals surface area contributed by atoms with E-state index < -0.39 is 4.92 Å². The van der Waals surface area contributed by atoms with Gasteiger partial charge >= 0.3 is 0 Å². The van der Waals surface area contributed by atoms with Crippen molar-refractivity contribution in [3.63, 3.8) is 0 Å². The molecule has 0 radical (unpaired) electrons. The zero-order valence-corrected chi connectivity index (χ0v) is 12.1. The molecular formula is C13H11BrFN3O2. The lowest BCUT2D eigenvalue weighted by molar-refractivity contribution is -0.384. The van der Waals surface area contributed by atoms with Crippen molar-refractivity contribution < 1.29 is 9.31 Å². The van der Waals surface area contributed by atoms with E-state index in [-0.39, 0.29) is 11.5 Å². The minimum Gasteiger partial charge on any atom is -0.388 e. The number of halogens is 2. The maximum Gasteiger partial charge on any atom is 0.273 e. The van der Waals surface area contributed by atoms with E-state index in [9.17, 15) is 14.5 Å². The Morgan fingerprint density at radius 3 is 2.45 bits per heavy atom. The van der Waals surface area contributed by atoms with E-state index in [0.29, 0.717) is 21.5 Å². The molecule has 0 aromatic heterocycles. The fraction of sp³-hybridized carbons (Fsp3) is 0.0769. The fourth-order valence-corrected chi connectivity index (χ4v) is 2.05. The van der Waals surface area contributed by atoms with Crippen molar-refractivity contribution in [3.05, 3.63) is 56.8 Å². The van der Waals surface area contributed by atoms with Gasteiger partial charge in [-0.15, -0.1) is 0 Å². The zero-order chi connectivity index (χ0) is 14.7. The van der Waals surface area contributed by atoms with Gasteiger partial charge in [-0.05, 0) is 40.2 Å². The van der Waals surface area contributed by atoms with Gasteiger partial charge in [0.25, 0.3) is 5.69 Å². The lowest BCUT2D eigenvalue weighted by atomic mass is 10.2. The highest BCUT2D eigenvalue weighted by Gasteiger charge is 2.10. The van der Waals surface area contributed by atoms with E-state index >= 15 is 0 Å². The largest absolute Gasteiger partial charge is 0.388 e. The normalized spacial score (nSPS) is 10.2. The molecule has 2 aromatic rings. The Balaban J connectivity index is 2.34. The van der Waals surface area contributed by atoms with Crippen LogP contribution in [0.15, 0.2) is 40.9 Å². The van der Waals surface area contributed by atoms with Crippen molar-refractivity contribution in [2.75, 3.05) is 17.7 Å². The molecule has 7 heteroatoms. The van der Waals surface area contributed by atoms with Gasteiger partial charge in [-0.2, -0.15) is 0 Å². The van der Waals surface area contributed by atoms with Crippen molar-refractivity contribution in [1.82, 2.24) is 0 Å². The highest BCUT2D eigenvalue weighted by Crippen LogP contribution is 2.28. The Morgan fingerprint density at radius 1 is 1.15 bits per heavy atom. The topological polar surface area (TPSA) is 67.2 Å². The van der Waals surface area contributed by atoms with Gasteiger partial charge in [0.1, 0.15) is 5.82 Å². The molecule has 104 valence electrons. The number of nitrogens with zero attached hydrogens (tertiary/aromatic N) is 1. The molecule has 0 aliphatic carbocycles. The highest BCUT2D eigenvalue weighted by atomic mass is 79.9. The standard InChI is InChI=1S/C13H11BrFN3O2/c1-16-9-4-10(6-11(5-9)18(19)20)17-8-2-3-13(15)12(14)7-8/h2-7,16-17H,1H3. The van der Waals surface area contributed by atoms with E-state index in [2.05, 4.69) is 26.6 Å². The van der Waals surface area contributed by atoms with E-state index in [4.69, 9.17) is 0 Å². The Bertz CT molecular complexity index is 664. The van der Waals surface area contributed by atoms with Crippen LogP contribution in [0.1, 0.15) is 0 Å². The zero-order valence-electron chi connectivity index (χ0n) is 10.5. The third-order valence-electron chi connectivity index (χ3n) is 2.63. The van der Waals surface area contributed by atoms with E-state index in [0.717, 1.165) is 0 Å². The van der Waals surface area contributed by atoms with Crippen molar-refractivity contribution in [3.8, 4) is 0 Å². The molecule has 0 amide bonds. The quantitative estimate of drug-likeness (QED) is 0.644. The molecule has 0 heterocycles. The number of nitro benzene ring substituents is 1. The van der Waals surface area contributed by atoms with Crippen LogP contribution in [0.4, 0.5) is 27.1 Å². The Hall–Kier alpha value is -2.15. The lowest BCUT2D eigenvalue weighted by Crippen LogP contribution is -1.97. The first-order valence-electron chi connectivity index (χ1n) is 5.69. The van der Waals surface area contributed by atoms with Crippen LogP contribution in [0.5, 0.6) is 0 Å². The minimum atomic E-state index is -0.466. The van der Waals surface area contributed by atoms with Crippen LogP contribution in [0.25, 0.3) is 0 Å². The van der Waals surface area contributed by atoms with E-state index in [1.807, 2.05) is 0 Å². The van der Waals surface area contributed by atoms with E-state index in [1.165, 1.54) is 18.2 Å². The number of nitrogens with one attached hydrogen (secondary N) is 2. The minimum absolute atomic E-state index is 0.0273. The maximum atomic E-state index is 13.2. The van der Waals surface area contributed by atoms with Crippen LogP contribution in [0, 0.1) is 15.9 Å². The molecule has 20 heavy (non-hydrogen) atoms. The fourth-order valence-electron chi connectivity index (χ4n) is 1.67. The summed E-state index contributed by atoms with van der Waals surface area (Å²) in [4.78, 5) is 10.4. The molecule has 0 spiro atoms. The molecule has 0 aliphatic rings. The summed E-state index contributed by atoms with van der Waals surface area (Å²) < 4.78 is 13.5. The van der Waals surface area contributed by atoms with Crippen LogP contribution in [-0.4, -0.2) is 12.0 Å². The third kappa shape index (κ3) is 3.24. The van der Waals surface area contributed by atoms with Crippen LogP contribution >= 0.6 is 15.9 Å². The van der Waals surface area contributed by atoms with Crippen molar-refractivity contribution in [2.24, 2.45) is 0 Å². The second kappa shape index (κ2) is 5.87. The molecule has 2 aromatic carbocycles. The number of nitro groups is 1. The first-order chi connectivity index (χ1) is 9.49. The average molecular weight is 340 g/mol. The molecular weight excluding hydrogens is 329 g/mol. The second-order valence-electron chi connectivity index (χ2n) is 4.03. The van der Waals surface area contributed by atoms with Gasteiger partial charge in [-0.3, -0.25) is 10.1 Å². The third-order valence-corrected chi connectivity index (χ3v) is 3.23. The van der Waals surface area contributed by atoms with Crippen molar-refractivity contribution >= 4 is 38.7 Å². The first-order valence-corrected chi connectivity index (χ1v) is 6.48. The van der Waals surface area contributed by atoms with Gasteiger partial charge in [-0.1, -0.05) is 0 Å². The van der Waals surface area contributed by atoms with Crippen LogP contribution < -0.4 is 10.6 Å². The summed E-state index contributed by atoms with van der Waals surface area (Å²) in [6, 6.07) is 9.00. The molecule has 0 unspecified atom stereocenters.